The predicted molar refractivity (Wildman–Crippen MR) is 64.0 cm³/mol. The molecule has 84 valence electrons. The van der Waals surface area contributed by atoms with Crippen molar-refractivity contribution in [2.45, 2.75) is 44.9 Å². The van der Waals surface area contributed by atoms with Crippen molar-refractivity contribution in [1.82, 2.24) is 0 Å². The van der Waals surface area contributed by atoms with Crippen LogP contribution >= 0.6 is 11.6 Å². The van der Waals surface area contributed by atoms with Gasteiger partial charge in [-0.05, 0) is 43.4 Å². The molecule has 0 saturated carbocycles. The topological polar surface area (TPSA) is 0 Å². The van der Waals surface area contributed by atoms with Crippen LogP contribution in [0.3, 0.4) is 0 Å². The molecule has 1 unspecified atom stereocenters. The van der Waals surface area contributed by atoms with E-state index in [-0.39, 0.29) is 11.2 Å². The zero-order chi connectivity index (χ0) is 11.3. The maximum atomic E-state index is 13.2. The number of alkyl halides is 1. The van der Waals surface area contributed by atoms with Crippen LogP contribution in [0.4, 0.5) is 4.39 Å². The van der Waals surface area contributed by atoms with Gasteiger partial charge in [-0.3, -0.25) is 0 Å². The molecule has 15 heavy (non-hydrogen) atoms. The van der Waals surface area contributed by atoms with Gasteiger partial charge in [-0.1, -0.05) is 25.5 Å². The highest BCUT2D eigenvalue weighted by Crippen LogP contribution is 2.15. The normalized spacial score (nSPS) is 12.8. The van der Waals surface area contributed by atoms with E-state index in [9.17, 15) is 4.39 Å². The van der Waals surface area contributed by atoms with Crippen molar-refractivity contribution in [3.8, 4) is 0 Å². The summed E-state index contributed by atoms with van der Waals surface area (Å²) < 4.78 is 13.2. The molecule has 1 rings (SSSR count). The largest absolute Gasteiger partial charge is 0.207 e. The third-order valence-electron chi connectivity index (χ3n) is 2.58. The SMILES string of the molecule is CCCC(Cl)CCc1ccc(C)c(F)c1. The zero-order valence-electron chi connectivity index (χ0n) is 9.39. The Kier molecular flexibility index (Phi) is 5.10. The maximum Gasteiger partial charge on any atom is 0.126 e. The molecule has 0 bridgehead atoms. The van der Waals surface area contributed by atoms with Crippen LogP contribution in [-0.4, -0.2) is 5.38 Å². The van der Waals surface area contributed by atoms with Gasteiger partial charge in [-0.2, -0.15) is 0 Å². The molecule has 0 aliphatic carbocycles. The van der Waals surface area contributed by atoms with Crippen LogP contribution in [-0.2, 0) is 6.42 Å². The second-order valence-corrected chi connectivity index (χ2v) is 4.63. The summed E-state index contributed by atoms with van der Waals surface area (Å²) in [6, 6.07) is 5.42. The van der Waals surface area contributed by atoms with E-state index in [1.54, 1.807) is 13.0 Å². The van der Waals surface area contributed by atoms with Gasteiger partial charge in [0.2, 0.25) is 0 Å². The minimum absolute atomic E-state index is 0.117. The molecule has 0 saturated heterocycles. The molecule has 0 aliphatic rings. The fraction of sp³-hybridized carbons (Fsp3) is 0.538. The summed E-state index contributed by atoms with van der Waals surface area (Å²) in [4.78, 5) is 0. The molecule has 2 heteroatoms. The van der Waals surface area contributed by atoms with Crippen LogP contribution in [0.2, 0.25) is 0 Å². The molecular weight excluding hydrogens is 211 g/mol. The van der Waals surface area contributed by atoms with E-state index in [2.05, 4.69) is 6.92 Å². The third kappa shape index (κ3) is 4.21. The Balaban J connectivity index is 2.47. The van der Waals surface area contributed by atoms with Crippen molar-refractivity contribution < 1.29 is 4.39 Å². The lowest BCUT2D eigenvalue weighted by atomic mass is 10.0. The van der Waals surface area contributed by atoms with Gasteiger partial charge in [0.1, 0.15) is 5.82 Å². The monoisotopic (exact) mass is 228 g/mol. The second-order valence-electron chi connectivity index (χ2n) is 4.01. The Morgan fingerprint density at radius 3 is 2.67 bits per heavy atom. The van der Waals surface area contributed by atoms with Crippen molar-refractivity contribution in [3.63, 3.8) is 0 Å². The summed E-state index contributed by atoms with van der Waals surface area (Å²) in [6.45, 7) is 3.90. The van der Waals surface area contributed by atoms with Gasteiger partial charge in [-0.15, -0.1) is 11.6 Å². The van der Waals surface area contributed by atoms with Crippen LogP contribution in [0.1, 0.15) is 37.3 Å². The fourth-order valence-corrected chi connectivity index (χ4v) is 1.90. The standard InChI is InChI=1S/C13H18ClF/c1-3-4-12(14)8-7-11-6-5-10(2)13(15)9-11/h5-6,9,12H,3-4,7-8H2,1-2H3. The number of hydrogen-bond acceptors (Lipinski definition) is 0. The summed E-state index contributed by atoms with van der Waals surface area (Å²) in [6.07, 6.45) is 3.94. The van der Waals surface area contributed by atoms with Crippen LogP contribution in [0.25, 0.3) is 0 Å². The molecule has 0 radical (unpaired) electrons. The molecule has 1 aromatic carbocycles. The van der Waals surface area contributed by atoms with Crippen molar-refractivity contribution >= 4 is 11.6 Å². The molecule has 0 aromatic heterocycles. The Hall–Kier alpha value is -0.560. The zero-order valence-corrected chi connectivity index (χ0v) is 10.1. The van der Waals surface area contributed by atoms with Crippen LogP contribution in [0, 0.1) is 12.7 Å². The maximum absolute atomic E-state index is 13.2. The smallest absolute Gasteiger partial charge is 0.126 e. The van der Waals surface area contributed by atoms with Crippen LogP contribution < -0.4 is 0 Å². The van der Waals surface area contributed by atoms with Crippen molar-refractivity contribution in [2.24, 2.45) is 0 Å². The van der Waals surface area contributed by atoms with Crippen molar-refractivity contribution in [3.05, 3.63) is 35.1 Å². The van der Waals surface area contributed by atoms with Gasteiger partial charge < -0.3 is 0 Å². The average Bonchev–Trinajstić information content (AvgIpc) is 2.20. The highest BCUT2D eigenvalue weighted by atomic mass is 35.5. The van der Waals surface area contributed by atoms with Gasteiger partial charge in [0.15, 0.2) is 0 Å². The molecule has 0 aliphatic heterocycles. The Morgan fingerprint density at radius 2 is 2.07 bits per heavy atom. The van der Waals surface area contributed by atoms with E-state index in [0.717, 1.165) is 31.2 Å². The number of rotatable bonds is 5. The first kappa shape index (κ1) is 12.5. The molecule has 1 atom stereocenters. The minimum atomic E-state index is -0.117. The van der Waals surface area contributed by atoms with E-state index in [4.69, 9.17) is 11.6 Å². The number of aryl methyl sites for hydroxylation is 2. The highest BCUT2D eigenvalue weighted by Gasteiger charge is 2.05. The fourth-order valence-electron chi connectivity index (χ4n) is 1.57. The van der Waals surface area contributed by atoms with Gasteiger partial charge in [0.05, 0.1) is 0 Å². The van der Waals surface area contributed by atoms with E-state index < -0.39 is 0 Å². The van der Waals surface area contributed by atoms with Crippen molar-refractivity contribution in [2.75, 3.05) is 0 Å². The average molecular weight is 229 g/mol. The molecule has 0 spiro atoms. The van der Waals surface area contributed by atoms with E-state index >= 15 is 0 Å². The minimum Gasteiger partial charge on any atom is -0.207 e. The number of hydrogen-bond donors (Lipinski definition) is 0. The Labute approximate surface area is 96.5 Å². The lowest BCUT2D eigenvalue weighted by Gasteiger charge is -2.08. The van der Waals surface area contributed by atoms with E-state index in [1.165, 1.54) is 0 Å². The highest BCUT2D eigenvalue weighted by molar-refractivity contribution is 6.20. The molecule has 1 aromatic rings. The van der Waals surface area contributed by atoms with Gasteiger partial charge in [0, 0.05) is 5.38 Å². The summed E-state index contributed by atoms with van der Waals surface area (Å²) in [7, 11) is 0. The lowest BCUT2D eigenvalue weighted by Crippen LogP contribution is -2.00. The second kappa shape index (κ2) is 6.12. The molecule has 0 fully saturated rings. The Bertz CT molecular complexity index is 309. The molecule has 0 amide bonds. The van der Waals surface area contributed by atoms with Crippen LogP contribution in [0.5, 0.6) is 0 Å². The number of benzene rings is 1. The van der Waals surface area contributed by atoms with E-state index in [0.29, 0.717) is 5.56 Å². The van der Waals surface area contributed by atoms with Gasteiger partial charge in [0.25, 0.3) is 0 Å². The molecule has 0 N–H and O–H groups in total. The number of halogens is 2. The molecule has 0 nitrogen and oxygen atoms in total. The first-order chi connectivity index (χ1) is 7.13. The van der Waals surface area contributed by atoms with Gasteiger partial charge >= 0.3 is 0 Å². The predicted octanol–water partition coefficient (Wildman–Crippen LogP) is 4.47. The molecule has 0 heterocycles. The first-order valence-corrected chi connectivity index (χ1v) is 5.96. The van der Waals surface area contributed by atoms with Crippen molar-refractivity contribution in [1.29, 1.82) is 0 Å². The summed E-state index contributed by atoms with van der Waals surface area (Å²) >= 11 is 6.11. The lowest BCUT2D eigenvalue weighted by molar-refractivity contribution is 0.613. The van der Waals surface area contributed by atoms with Crippen LogP contribution in [0.15, 0.2) is 18.2 Å². The summed E-state index contributed by atoms with van der Waals surface area (Å²) in [5, 5.41) is 0.222. The quantitative estimate of drug-likeness (QED) is 0.652. The van der Waals surface area contributed by atoms with E-state index in [1.807, 2.05) is 12.1 Å². The summed E-state index contributed by atoms with van der Waals surface area (Å²) in [5.74, 6) is -0.117. The Morgan fingerprint density at radius 1 is 1.33 bits per heavy atom. The molecular formula is C13H18ClF. The first-order valence-electron chi connectivity index (χ1n) is 5.52. The summed E-state index contributed by atoms with van der Waals surface area (Å²) in [5.41, 5.74) is 1.74. The van der Waals surface area contributed by atoms with Gasteiger partial charge in [-0.25, -0.2) is 4.39 Å². The third-order valence-corrected chi connectivity index (χ3v) is 3.02.